The normalized spacial score (nSPS) is 24.6. The van der Waals surface area contributed by atoms with E-state index in [-0.39, 0.29) is 10.8 Å². The molecule has 0 aliphatic heterocycles. The topological polar surface area (TPSA) is 3.24 Å². The average Bonchev–Trinajstić information content (AvgIpc) is 3.75. The van der Waals surface area contributed by atoms with E-state index in [1.807, 2.05) is 0 Å². The van der Waals surface area contributed by atoms with Gasteiger partial charge < -0.3 is 4.90 Å². The molecule has 0 radical (unpaired) electrons. The van der Waals surface area contributed by atoms with Gasteiger partial charge in [-0.15, -0.1) is 0 Å². The predicted octanol–water partition coefficient (Wildman–Crippen LogP) is 15.5. The molecular weight excluding hydrogens is 735 g/mol. The zero-order chi connectivity index (χ0) is 40.3. The molecule has 1 spiro atoms. The molecule has 0 N–H and O–H groups in total. The lowest BCUT2D eigenvalue weighted by Gasteiger charge is -2.61. The van der Waals surface area contributed by atoms with Crippen molar-refractivity contribution in [3.8, 4) is 44.5 Å². The van der Waals surface area contributed by atoms with Gasteiger partial charge in [0, 0.05) is 27.8 Å². The summed E-state index contributed by atoms with van der Waals surface area (Å²) in [5, 5.41) is 0. The molecule has 1 atom stereocenters. The molecule has 6 aliphatic carbocycles. The summed E-state index contributed by atoms with van der Waals surface area (Å²) in [4.78, 5) is 2.62. The molecule has 294 valence electrons. The number of hydrogen-bond donors (Lipinski definition) is 0. The van der Waals surface area contributed by atoms with Gasteiger partial charge in [0.15, 0.2) is 0 Å². The van der Waals surface area contributed by atoms with Gasteiger partial charge in [-0.2, -0.15) is 0 Å². The molecule has 0 saturated heterocycles. The number of fused-ring (bicyclic) bond motifs is 6. The fourth-order valence-electron chi connectivity index (χ4n) is 13.9. The van der Waals surface area contributed by atoms with E-state index >= 15 is 0 Å². The fourth-order valence-corrected chi connectivity index (χ4v) is 13.9. The minimum atomic E-state index is -0.312. The first-order valence-corrected chi connectivity index (χ1v) is 22.7. The lowest BCUT2D eigenvalue weighted by Crippen LogP contribution is -2.55. The van der Waals surface area contributed by atoms with Crippen molar-refractivity contribution in [2.75, 3.05) is 4.90 Å². The first-order valence-electron chi connectivity index (χ1n) is 22.7. The Morgan fingerprint density at radius 3 is 1.54 bits per heavy atom. The molecule has 4 bridgehead atoms. The van der Waals surface area contributed by atoms with Crippen LogP contribution in [0.5, 0.6) is 0 Å². The van der Waals surface area contributed by atoms with Gasteiger partial charge in [-0.05, 0) is 160 Å². The van der Waals surface area contributed by atoms with E-state index in [2.05, 4.69) is 206 Å². The molecular formula is C60H49N. The van der Waals surface area contributed by atoms with Gasteiger partial charge in [-0.1, -0.05) is 164 Å². The molecule has 8 aromatic rings. The number of benzene rings is 8. The second kappa shape index (κ2) is 13.3. The highest BCUT2D eigenvalue weighted by molar-refractivity contribution is 5.98. The largest absolute Gasteiger partial charge is 0.310 e. The van der Waals surface area contributed by atoms with E-state index < -0.39 is 0 Å². The van der Waals surface area contributed by atoms with Crippen molar-refractivity contribution in [2.45, 2.75) is 49.9 Å². The molecule has 0 amide bonds. The van der Waals surface area contributed by atoms with E-state index in [9.17, 15) is 0 Å². The molecule has 61 heavy (non-hydrogen) atoms. The molecule has 14 rings (SSSR count). The summed E-state index contributed by atoms with van der Waals surface area (Å²) in [6.07, 6.45) is 6.94. The van der Waals surface area contributed by atoms with Crippen molar-refractivity contribution >= 4 is 17.1 Å². The maximum absolute atomic E-state index is 2.67. The van der Waals surface area contributed by atoms with E-state index in [0.717, 1.165) is 11.8 Å². The summed E-state index contributed by atoms with van der Waals surface area (Å²) in [6, 6.07) is 73.7. The third-order valence-corrected chi connectivity index (χ3v) is 16.1. The molecule has 1 unspecified atom stereocenters. The van der Waals surface area contributed by atoms with Crippen LogP contribution < -0.4 is 4.90 Å². The lowest BCUT2D eigenvalue weighted by atomic mass is 9.43. The van der Waals surface area contributed by atoms with Crippen molar-refractivity contribution < 1.29 is 0 Å². The van der Waals surface area contributed by atoms with Crippen LogP contribution >= 0.6 is 0 Å². The van der Waals surface area contributed by atoms with Crippen LogP contribution in [-0.4, -0.2) is 0 Å². The summed E-state index contributed by atoms with van der Waals surface area (Å²) in [5.41, 5.74) is 21.1. The summed E-state index contributed by atoms with van der Waals surface area (Å²) < 4.78 is 0. The number of hydrogen-bond acceptors (Lipinski definition) is 1. The van der Waals surface area contributed by atoms with Crippen molar-refractivity contribution in [1.82, 2.24) is 0 Å². The van der Waals surface area contributed by atoms with Crippen LogP contribution in [0.25, 0.3) is 44.5 Å². The van der Waals surface area contributed by atoms with E-state index in [0.29, 0.717) is 11.8 Å². The van der Waals surface area contributed by atoms with Gasteiger partial charge in [0.25, 0.3) is 0 Å². The van der Waals surface area contributed by atoms with Crippen LogP contribution in [0.15, 0.2) is 194 Å². The Bertz CT molecular complexity index is 2970. The zero-order valence-corrected chi connectivity index (χ0v) is 34.8. The molecule has 1 heteroatoms. The maximum Gasteiger partial charge on any atom is 0.0546 e. The SMILES string of the molecule is CC1(c2ccccc2)c2ccccc2-c2ccc(N(c3ccc4c(c3)C3(c5ccccc5-4)C4CC5CC(C4)CC3C5)c3cccc(-c4ccccc4)c3-c3ccccc3)cc21. The van der Waals surface area contributed by atoms with Crippen LogP contribution in [-0.2, 0) is 10.8 Å². The Morgan fingerprint density at radius 1 is 0.393 bits per heavy atom. The maximum atomic E-state index is 2.67. The smallest absolute Gasteiger partial charge is 0.0546 e. The summed E-state index contributed by atoms with van der Waals surface area (Å²) in [6.45, 7) is 2.44. The molecule has 4 saturated carbocycles. The zero-order valence-electron chi connectivity index (χ0n) is 34.8. The second-order valence-electron chi connectivity index (χ2n) is 19.0. The Balaban J connectivity index is 1.09. The Kier molecular flexibility index (Phi) is 7.69. The monoisotopic (exact) mass is 783 g/mol. The number of nitrogens with zero attached hydrogens (tertiary/aromatic N) is 1. The molecule has 0 aromatic heterocycles. The van der Waals surface area contributed by atoms with Crippen molar-refractivity contribution in [3.05, 3.63) is 222 Å². The third-order valence-electron chi connectivity index (χ3n) is 16.1. The highest BCUT2D eigenvalue weighted by atomic mass is 15.1. The minimum absolute atomic E-state index is 0.0701. The fraction of sp³-hybridized carbons (Fsp3) is 0.200. The Labute approximate surface area is 360 Å². The van der Waals surface area contributed by atoms with Gasteiger partial charge in [-0.25, -0.2) is 0 Å². The van der Waals surface area contributed by atoms with Crippen LogP contribution in [0.4, 0.5) is 17.1 Å². The quantitative estimate of drug-likeness (QED) is 0.162. The average molecular weight is 784 g/mol. The van der Waals surface area contributed by atoms with Gasteiger partial charge in [-0.3, -0.25) is 0 Å². The van der Waals surface area contributed by atoms with Gasteiger partial charge in [0.1, 0.15) is 0 Å². The lowest BCUT2D eigenvalue weighted by molar-refractivity contribution is -0.0399. The van der Waals surface area contributed by atoms with Crippen LogP contribution in [0.3, 0.4) is 0 Å². The van der Waals surface area contributed by atoms with Crippen LogP contribution in [0.1, 0.15) is 66.8 Å². The standard InChI is InChI=1S/C60H49N/c1-59(43-20-9-4-10-21-43)53-25-13-11-22-49(53)51-30-28-46(37-55(51)59)61(57-27-15-24-48(41-16-5-2-6-17-41)58(57)42-18-7-3-8-19-42)47-29-31-52-50-23-12-14-26-54(50)60(56(52)38-47)44-33-39-32-40(35-44)36-45(60)34-39/h2-31,37-40,44-45H,32-36H2,1H3. The summed E-state index contributed by atoms with van der Waals surface area (Å²) in [7, 11) is 0. The van der Waals surface area contributed by atoms with E-state index in [4.69, 9.17) is 0 Å². The molecule has 6 aliphatic rings. The van der Waals surface area contributed by atoms with Crippen molar-refractivity contribution in [3.63, 3.8) is 0 Å². The van der Waals surface area contributed by atoms with Gasteiger partial charge >= 0.3 is 0 Å². The first kappa shape index (κ1) is 35.3. The minimum Gasteiger partial charge on any atom is -0.310 e. The molecule has 1 nitrogen and oxygen atoms in total. The van der Waals surface area contributed by atoms with Gasteiger partial charge in [0.05, 0.1) is 5.69 Å². The predicted molar refractivity (Wildman–Crippen MR) is 253 cm³/mol. The highest BCUT2D eigenvalue weighted by Crippen LogP contribution is 2.70. The third kappa shape index (κ3) is 4.95. The van der Waals surface area contributed by atoms with Crippen LogP contribution in [0, 0.1) is 23.7 Å². The highest BCUT2D eigenvalue weighted by Gasteiger charge is 2.61. The molecule has 0 heterocycles. The first-order chi connectivity index (χ1) is 30.1. The summed E-state index contributed by atoms with van der Waals surface area (Å²) in [5.74, 6) is 3.18. The van der Waals surface area contributed by atoms with E-state index in [1.165, 1.54) is 110 Å². The van der Waals surface area contributed by atoms with Gasteiger partial charge in [0.2, 0.25) is 0 Å². The van der Waals surface area contributed by atoms with Crippen molar-refractivity contribution in [2.24, 2.45) is 23.7 Å². The molecule has 4 fully saturated rings. The number of rotatable bonds is 6. The molecule has 8 aromatic carbocycles. The number of anilines is 3. The van der Waals surface area contributed by atoms with Crippen LogP contribution in [0.2, 0.25) is 0 Å². The second-order valence-corrected chi connectivity index (χ2v) is 19.0. The van der Waals surface area contributed by atoms with Crippen molar-refractivity contribution in [1.29, 1.82) is 0 Å². The Morgan fingerprint density at radius 2 is 0.885 bits per heavy atom. The Hall–Kier alpha value is -6.44. The van der Waals surface area contributed by atoms with E-state index in [1.54, 1.807) is 11.1 Å². The summed E-state index contributed by atoms with van der Waals surface area (Å²) >= 11 is 0.